The van der Waals surface area contributed by atoms with Crippen molar-refractivity contribution >= 4 is 43.5 Å². The molecule has 0 aliphatic carbocycles. The van der Waals surface area contributed by atoms with Gasteiger partial charge in [-0.1, -0.05) is 71.2 Å². The van der Waals surface area contributed by atoms with Crippen molar-refractivity contribution in [1.29, 1.82) is 0 Å². The van der Waals surface area contributed by atoms with E-state index in [2.05, 4.69) is 69.1 Å². The quantitative estimate of drug-likeness (QED) is 0.464. The Balaban J connectivity index is 2.15. The Labute approximate surface area is 142 Å². The van der Waals surface area contributed by atoms with Crippen molar-refractivity contribution in [2.75, 3.05) is 0 Å². The van der Waals surface area contributed by atoms with E-state index in [1.165, 1.54) is 29.5 Å². The second-order valence-electron chi connectivity index (χ2n) is 4.88. The highest BCUT2D eigenvalue weighted by Crippen LogP contribution is 2.34. The van der Waals surface area contributed by atoms with Crippen LogP contribution < -0.4 is 0 Å². The molecule has 2 aromatic carbocycles. The highest BCUT2D eigenvalue weighted by atomic mass is 79.9. The second-order valence-corrected chi connectivity index (χ2v) is 7.06. The van der Waals surface area contributed by atoms with Crippen LogP contribution in [0, 0.1) is 0 Å². The van der Waals surface area contributed by atoms with Crippen LogP contribution in [0.1, 0.15) is 41.3 Å². The zero-order chi connectivity index (χ0) is 14.5. The Morgan fingerprint density at radius 1 is 1.05 bits per heavy atom. The number of halogens is 3. The molecule has 1 unspecified atom stereocenters. The molecular formula is C17H17Br2Cl. The summed E-state index contributed by atoms with van der Waals surface area (Å²) in [6, 6.07) is 14.9. The van der Waals surface area contributed by atoms with Crippen LogP contribution in [-0.4, -0.2) is 0 Å². The third kappa shape index (κ3) is 4.09. The zero-order valence-electron chi connectivity index (χ0n) is 11.4. The van der Waals surface area contributed by atoms with Crippen molar-refractivity contribution in [1.82, 2.24) is 0 Å². The minimum absolute atomic E-state index is 0.174. The summed E-state index contributed by atoms with van der Waals surface area (Å²) >= 11 is 13.3. The minimum atomic E-state index is 0.174. The number of unbranched alkanes of at least 4 members (excludes halogenated alkanes) is 1. The number of hydrogen-bond acceptors (Lipinski definition) is 0. The molecule has 0 spiro atoms. The highest BCUT2D eigenvalue weighted by molar-refractivity contribution is 9.10. The van der Waals surface area contributed by atoms with Crippen LogP contribution in [0.2, 0.25) is 5.02 Å². The predicted octanol–water partition coefficient (Wildman–Crippen LogP) is 6.93. The fraction of sp³-hybridized carbons (Fsp3) is 0.294. The van der Waals surface area contributed by atoms with Crippen molar-refractivity contribution in [2.24, 2.45) is 0 Å². The molecular weight excluding hydrogens is 399 g/mol. The molecule has 0 heterocycles. The topological polar surface area (TPSA) is 0 Å². The number of alkyl halides is 1. The minimum Gasteiger partial charge on any atom is -0.0831 e. The van der Waals surface area contributed by atoms with E-state index in [0.717, 1.165) is 15.9 Å². The smallest absolute Gasteiger partial charge is 0.0645 e. The summed E-state index contributed by atoms with van der Waals surface area (Å²) in [5.41, 5.74) is 3.83. The number of rotatable bonds is 5. The lowest BCUT2D eigenvalue weighted by atomic mass is 10.0. The van der Waals surface area contributed by atoms with E-state index in [0.29, 0.717) is 0 Å². The van der Waals surface area contributed by atoms with Crippen molar-refractivity contribution in [2.45, 2.75) is 31.0 Å². The van der Waals surface area contributed by atoms with Gasteiger partial charge < -0.3 is 0 Å². The molecule has 0 aliphatic heterocycles. The molecule has 3 heteroatoms. The van der Waals surface area contributed by atoms with Crippen LogP contribution in [0.4, 0.5) is 0 Å². The maximum atomic E-state index is 6.16. The molecule has 0 aliphatic rings. The van der Waals surface area contributed by atoms with E-state index >= 15 is 0 Å². The van der Waals surface area contributed by atoms with Gasteiger partial charge in [0.2, 0.25) is 0 Å². The number of hydrogen-bond donors (Lipinski definition) is 0. The fourth-order valence-electron chi connectivity index (χ4n) is 2.10. The van der Waals surface area contributed by atoms with Gasteiger partial charge in [-0.25, -0.2) is 0 Å². The lowest BCUT2D eigenvalue weighted by molar-refractivity contribution is 0.795. The molecule has 0 saturated carbocycles. The first-order chi connectivity index (χ1) is 9.61. The van der Waals surface area contributed by atoms with Gasteiger partial charge in [-0.05, 0) is 57.6 Å². The average molecular weight is 417 g/mol. The van der Waals surface area contributed by atoms with Crippen molar-refractivity contribution < 1.29 is 0 Å². The van der Waals surface area contributed by atoms with Crippen LogP contribution in [0.15, 0.2) is 46.9 Å². The highest BCUT2D eigenvalue weighted by Gasteiger charge is 2.11. The SMILES string of the molecule is CCCCc1ccc(C(Br)c2ccc(Br)c(Cl)c2)cc1. The number of benzene rings is 2. The van der Waals surface area contributed by atoms with Crippen LogP contribution in [-0.2, 0) is 6.42 Å². The standard InChI is InChI=1S/C17H17Br2Cl/c1-2-3-4-12-5-7-13(8-6-12)17(19)14-9-10-15(18)16(20)11-14/h5-11,17H,2-4H2,1H3. The first kappa shape index (κ1) is 16.1. The normalized spacial score (nSPS) is 12.4. The van der Waals surface area contributed by atoms with E-state index in [1.54, 1.807) is 0 Å². The van der Waals surface area contributed by atoms with Gasteiger partial charge in [0.1, 0.15) is 0 Å². The molecule has 0 bridgehead atoms. The van der Waals surface area contributed by atoms with Gasteiger partial charge in [0.15, 0.2) is 0 Å². The first-order valence-corrected chi connectivity index (χ1v) is 8.88. The molecule has 2 rings (SSSR count). The van der Waals surface area contributed by atoms with Crippen LogP contribution in [0.25, 0.3) is 0 Å². The van der Waals surface area contributed by atoms with Gasteiger partial charge in [0, 0.05) is 4.47 Å². The first-order valence-electron chi connectivity index (χ1n) is 6.79. The van der Waals surface area contributed by atoms with Crippen molar-refractivity contribution in [3.05, 3.63) is 68.7 Å². The Bertz CT molecular complexity index is 564. The van der Waals surface area contributed by atoms with E-state index in [-0.39, 0.29) is 4.83 Å². The average Bonchev–Trinajstić information content (AvgIpc) is 2.48. The molecule has 0 fully saturated rings. The van der Waals surface area contributed by atoms with Crippen molar-refractivity contribution in [3.8, 4) is 0 Å². The van der Waals surface area contributed by atoms with Gasteiger partial charge in [-0.15, -0.1) is 0 Å². The van der Waals surface area contributed by atoms with Gasteiger partial charge in [-0.3, -0.25) is 0 Å². The summed E-state index contributed by atoms with van der Waals surface area (Å²) in [7, 11) is 0. The Hall–Kier alpha value is -0.310. The third-order valence-electron chi connectivity index (χ3n) is 3.33. The number of aryl methyl sites for hydroxylation is 1. The molecule has 106 valence electrons. The maximum absolute atomic E-state index is 6.16. The summed E-state index contributed by atoms with van der Waals surface area (Å²) in [5, 5.41) is 0.742. The maximum Gasteiger partial charge on any atom is 0.0645 e. The summed E-state index contributed by atoms with van der Waals surface area (Å²) in [6.07, 6.45) is 3.65. The lowest BCUT2D eigenvalue weighted by Crippen LogP contribution is -1.94. The Kier molecular flexibility index (Phi) is 6.13. The molecule has 0 saturated heterocycles. The van der Waals surface area contributed by atoms with Gasteiger partial charge in [0.05, 0.1) is 9.85 Å². The largest absolute Gasteiger partial charge is 0.0831 e. The summed E-state index contributed by atoms with van der Waals surface area (Å²) in [4.78, 5) is 0.174. The molecule has 0 amide bonds. The molecule has 0 N–H and O–H groups in total. The van der Waals surface area contributed by atoms with E-state index in [4.69, 9.17) is 11.6 Å². The van der Waals surface area contributed by atoms with Gasteiger partial charge in [-0.2, -0.15) is 0 Å². The zero-order valence-corrected chi connectivity index (χ0v) is 15.3. The van der Waals surface area contributed by atoms with Gasteiger partial charge in [0.25, 0.3) is 0 Å². The Morgan fingerprint density at radius 3 is 2.30 bits per heavy atom. The summed E-state index contributed by atoms with van der Waals surface area (Å²) in [5.74, 6) is 0. The van der Waals surface area contributed by atoms with Crippen molar-refractivity contribution in [3.63, 3.8) is 0 Å². The molecule has 2 aromatic rings. The lowest BCUT2D eigenvalue weighted by Gasteiger charge is -2.12. The van der Waals surface area contributed by atoms with E-state index in [9.17, 15) is 0 Å². The predicted molar refractivity (Wildman–Crippen MR) is 95.0 cm³/mol. The monoisotopic (exact) mass is 414 g/mol. The van der Waals surface area contributed by atoms with E-state index in [1.807, 2.05) is 12.1 Å². The second kappa shape index (κ2) is 7.63. The fourth-order valence-corrected chi connectivity index (χ4v) is 3.12. The molecule has 0 radical (unpaired) electrons. The van der Waals surface area contributed by atoms with Crippen LogP contribution >= 0.6 is 43.5 Å². The van der Waals surface area contributed by atoms with Crippen LogP contribution in [0.3, 0.4) is 0 Å². The molecule has 20 heavy (non-hydrogen) atoms. The van der Waals surface area contributed by atoms with E-state index < -0.39 is 0 Å². The molecule has 0 nitrogen and oxygen atoms in total. The summed E-state index contributed by atoms with van der Waals surface area (Å²) < 4.78 is 0.928. The Morgan fingerprint density at radius 2 is 1.70 bits per heavy atom. The third-order valence-corrected chi connectivity index (χ3v) is 5.62. The van der Waals surface area contributed by atoms with Crippen LogP contribution in [0.5, 0.6) is 0 Å². The molecule has 1 atom stereocenters. The summed E-state index contributed by atoms with van der Waals surface area (Å²) in [6.45, 7) is 2.22. The molecule has 0 aromatic heterocycles. The van der Waals surface area contributed by atoms with Gasteiger partial charge >= 0.3 is 0 Å².